The van der Waals surface area contributed by atoms with Gasteiger partial charge < -0.3 is 10.4 Å². The number of carbonyl (C=O) groups is 2. The minimum Gasteiger partial charge on any atom is -0.480 e. The van der Waals surface area contributed by atoms with Gasteiger partial charge in [0.2, 0.25) is 5.91 Å². The number of hydrogen-bond donors (Lipinski definition) is 2. The van der Waals surface area contributed by atoms with Gasteiger partial charge in [-0.1, -0.05) is 24.3 Å². The van der Waals surface area contributed by atoms with Crippen LogP contribution in [0.15, 0.2) is 36.5 Å². The Kier molecular flexibility index (Phi) is 3.75. The van der Waals surface area contributed by atoms with Gasteiger partial charge in [0.15, 0.2) is 0 Å². The van der Waals surface area contributed by atoms with Crippen LogP contribution in [-0.4, -0.2) is 28.0 Å². The zero-order valence-electron chi connectivity index (χ0n) is 10.5. The summed E-state index contributed by atoms with van der Waals surface area (Å²) >= 11 is 0. The Balaban J connectivity index is 2.33. The Morgan fingerprint density at radius 2 is 2.05 bits per heavy atom. The molecular formula is C14H14N2O3. The molecular weight excluding hydrogens is 244 g/mol. The number of fused-ring (bicyclic) bond motifs is 1. The lowest BCUT2D eigenvalue weighted by Gasteiger charge is -2.14. The van der Waals surface area contributed by atoms with Crippen molar-refractivity contribution in [1.82, 2.24) is 10.3 Å². The third-order valence-corrected chi connectivity index (χ3v) is 2.82. The molecule has 0 saturated heterocycles. The van der Waals surface area contributed by atoms with Crippen LogP contribution in [0.5, 0.6) is 0 Å². The zero-order valence-corrected chi connectivity index (χ0v) is 10.5. The van der Waals surface area contributed by atoms with E-state index in [1.54, 1.807) is 6.20 Å². The van der Waals surface area contributed by atoms with Crippen LogP contribution >= 0.6 is 0 Å². The van der Waals surface area contributed by atoms with Crippen LogP contribution in [0.2, 0.25) is 0 Å². The van der Waals surface area contributed by atoms with E-state index in [2.05, 4.69) is 10.3 Å². The van der Waals surface area contributed by atoms with Gasteiger partial charge in [0.25, 0.3) is 0 Å². The van der Waals surface area contributed by atoms with E-state index in [9.17, 15) is 9.59 Å². The van der Waals surface area contributed by atoms with Gasteiger partial charge in [-0.2, -0.15) is 0 Å². The molecule has 0 aliphatic carbocycles. The number of benzene rings is 1. The number of aliphatic carboxylic acids is 1. The topological polar surface area (TPSA) is 79.3 Å². The number of aromatic nitrogens is 1. The van der Waals surface area contributed by atoms with Crippen LogP contribution in [0.4, 0.5) is 0 Å². The molecule has 0 aliphatic rings. The molecule has 2 aromatic rings. The van der Waals surface area contributed by atoms with Gasteiger partial charge in [-0.05, 0) is 11.6 Å². The molecule has 1 atom stereocenters. The number of carboxylic acids is 1. The summed E-state index contributed by atoms with van der Waals surface area (Å²) < 4.78 is 0. The van der Waals surface area contributed by atoms with Gasteiger partial charge in [0, 0.05) is 24.9 Å². The van der Waals surface area contributed by atoms with Crippen molar-refractivity contribution in [3.05, 3.63) is 42.1 Å². The maximum atomic E-state index is 11.1. The van der Waals surface area contributed by atoms with Crippen LogP contribution < -0.4 is 5.32 Å². The smallest absolute Gasteiger partial charge is 0.326 e. The van der Waals surface area contributed by atoms with Gasteiger partial charge in [0.1, 0.15) is 6.04 Å². The van der Waals surface area contributed by atoms with Gasteiger partial charge in [-0.3, -0.25) is 9.78 Å². The van der Waals surface area contributed by atoms with Crippen LogP contribution in [0.1, 0.15) is 12.5 Å². The van der Waals surface area contributed by atoms with Crippen LogP contribution in [0.25, 0.3) is 10.9 Å². The molecule has 1 aromatic carbocycles. The first-order valence-corrected chi connectivity index (χ1v) is 5.90. The lowest BCUT2D eigenvalue weighted by molar-refractivity contribution is -0.141. The predicted octanol–water partition coefficient (Wildman–Crippen LogP) is 1.37. The number of pyridine rings is 1. The molecule has 1 amide bonds. The Morgan fingerprint density at radius 3 is 2.74 bits per heavy atom. The summed E-state index contributed by atoms with van der Waals surface area (Å²) in [6.45, 7) is 1.30. The van der Waals surface area contributed by atoms with E-state index in [-0.39, 0.29) is 12.3 Å². The van der Waals surface area contributed by atoms with Crippen LogP contribution in [0.3, 0.4) is 0 Å². The molecule has 0 fully saturated rings. The number of carboxylic acid groups (broad SMARTS) is 1. The van der Waals surface area contributed by atoms with E-state index in [1.165, 1.54) is 6.92 Å². The lowest BCUT2D eigenvalue weighted by atomic mass is 10.0. The fraction of sp³-hybridized carbons (Fsp3) is 0.214. The molecule has 2 rings (SSSR count). The van der Waals surface area contributed by atoms with Crippen molar-refractivity contribution in [2.75, 3.05) is 0 Å². The summed E-state index contributed by atoms with van der Waals surface area (Å²) in [6, 6.07) is 8.40. The molecule has 0 radical (unpaired) electrons. The molecule has 2 N–H and O–H groups in total. The van der Waals surface area contributed by atoms with E-state index in [4.69, 9.17) is 5.11 Å². The number of carbonyl (C=O) groups excluding carboxylic acids is 1. The first-order chi connectivity index (χ1) is 9.08. The van der Waals surface area contributed by atoms with E-state index in [1.807, 2.05) is 30.3 Å². The van der Waals surface area contributed by atoms with Crippen molar-refractivity contribution >= 4 is 22.8 Å². The molecule has 0 spiro atoms. The van der Waals surface area contributed by atoms with Crippen LogP contribution in [0, 0.1) is 0 Å². The third-order valence-electron chi connectivity index (χ3n) is 2.82. The number of rotatable bonds is 4. The minimum atomic E-state index is -1.05. The molecule has 5 nitrogen and oxygen atoms in total. The molecule has 0 aliphatic heterocycles. The first kappa shape index (κ1) is 13.0. The van der Waals surface area contributed by atoms with Gasteiger partial charge in [0.05, 0.1) is 5.52 Å². The maximum absolute atomic E-state index is 11.1. The predicted molar refractivity (Wildman–Crippen MR) is 70.7 cm³/mol. The Hall–Kier alpha value is -2.43. The van der Waals surface area contributed by atoms with Crippen molar-refractivity contribution < 1.29 is 14.7 Å². The van der Waals surface area contributed by atoms with Gasteiger partial charge in [-0.15, -0.1) is 0 Å². The fourth-order valence-electron chi connectivity index (χ4n) is 2.00. The quantitative estimate of drug-likeness (QED) is 0.868. The van der Waals surface area contributed by atoms with E-state index in [0.717, 1.165) is 16.5 Å². The second-order valence-electron chi connectivity index (χ2n) is 4.29. The average Bonchev–Trinajstić information content (AvgIpc) is 2.37. The van der Waals surface area contributed by atoms with Crippen molar-refractivity contribution in [2.24, 2.45) is 0 Å². The summed E-state index contributed by atoms with van der Waals surface area (Å²) in [5.41, 5.74) is 1.57. The summed E-state index contributed by atoms with van der Waals surface area (Å²) in [6.07, 6.45) is 1.88. The highest BCUT2D eigenvalue weighted by Gasteiger charge is 2.19. The van der Waals surface area contributed by atoms with Crippen molar-refractivity contribution in [2.45, 2.75) is 19.4 Å². The highest BCUT2D eigenvalue weighted by Crippen LogP contribution is 2.17. The molecule has 0 saturated carbocycles. The summed E-state index contributed by atoms with van der Waals surface area (Å²) in [5, 5.41) is 12.5. The molecule has 5 heteroatoms. The monoisotopic (exact) mass is 258 g/mol. The minimum absolute atomic E-state index is 0.212. The number of hydrogen-bond acceptors (Lipinski definition) is 3. The molecule has 1 aromatic heterocycles. The lowest BCUT2D eigenvalue weighted by Crippen LogP contribution is -2.41. The number of nitrogens with one attached hydrogen (secondary N) is 1. The highest BCUT2D eigenvalue weighted by molar-refractivity contribution is 5.85. The van der Waals surface area contributed by atoms with E-state index >= 15 is 0 Å². The third kappa shape index (κ3) is 3.07. The summed E-state index contributed by atoms with van der Waals surface area (Å²) in [5.74, 6) is -1.41. The number of amides is 1. The second-order valence-corrected chi connectivity index (χ2v) is 4.29. The van der Waals surface area contributed by atoms with Crippen LogP contribution in [-0.2, 0) is 16.0 Å². The van der Waals surface area contributed by atoms with E-state index in [0.29, 0.717) is 0 Å². The normalized spacial score (nSPS) is 12.1. The standard InChI is InChI=1S/C14H14N2O3/c1-9(17)16-12(14(18)19)8-11-5-2-4-10-6-3-7-15-13(10)11/h2-7,12H,8H2,1H3,(H,16,17)(H,18,19). The van der Waals surface area contributed by atoms with Crippen molar-refractivity contribution in [3.8, 4) is 0 Å². The average molecular weight is 258 g/mol. The van der Waals surface area contributed by atoms with E-state index < -0.39 is 12.0 Å². The molecule has 19 heavy (non-hydrogen) atoms. The second kappa shape index (κ2) is 5.48. The summed E-state index contributed by atoms with van der Waals surface area (Å²) in [4.78, 5) is 26.4. The molecule has 1 unspecified atom stereocenters. The zero-order chi connectivity index (χ0) is 13.8. The molecule has 98 valence electrons. The van der Waals surface area contributed by atoms with Crippen molar-refractivity contribution in [1.29, 1.82) is 0 Å². The number of para-hydroxylation sites is 1. The van der Waals surface area contributed by atoms with Gasteiger partial charge in [-0.25, -0.2) is 4.79 Å². The first-order valence-electron chi connectivity index (χ1n) is 5.90. The van der Waals surface area contributed by atoms with Gasteiger partial charge >= 0.3 is 5.97 Å². The highest BCUT2D eigenvalue weighted by atomic mass is 16.4. The fourth-order valence-corrected chi connectivity index (χ4v) is 2.00. The van der Waals surface area contributed by atoms with Crippen molar-refractivity contribution in [3.63, 3.8) is 0 Å². The molecule has 0 bridgehead atoms. The Labute approximate surface area is 110 Å². The summed E-state index contributed by atoms with van der Waals surface area (Å²) in [7, 11) is 0. The maximum Gasteiger partial charge on any atom is 0.326 e. The number of nitrogens with zero attached hydrogens (tertiary/aromatic N) is 1. The Morgan fingerprint density at radius 1 is 1.32 bits per heavy atom. The largest absolute Gasteiger partial charge is 0.480 e. The SMILES string of the molecule is CC(=O)NC(Cc1cccc2cccnc12)C(=O)O. The Bertz CT molecular complexity index is 620. The molecule has 1 heterocycles.